The molecule has 1 aliphatic heterocycles. The van der Waals surface area contributed by atoms with Gasteiger partial charge in [-0.2, -0.15) is 5.10 Å². The molecule has 0 saturated carbocycles. The van der Waals surface area contributed by atoms with Gasteiger partial charge in [0.15, 0.2) is 0 Å². The molecule has 138 valence electrons. The number of nitrogens with zero attached hydrogens (tertiary/aromatic N) is 4. The molecule has 5 heteroatoms. The van der Waals surface area contributed by atoms with Gasteiger partial charge in [0, 0.05) is 18.0 Å². The van der Waals surface area contributed by atoms with Crippen molar-refractivity contribution >= 4 is 16.7 Å². The Hall–Kier alpha value is -2.69. The Morgan fingerprint density at radius 3 is 2.96 bits per heavy atom. The monoisotopic (exact) mass is 360 g/mol. The predicted octanol–water partition coefficient (Wildman–Crippen LogP) is 3.26. The van der Waals surface area contributed by atoms with Gasteiger partial charge in [0.25, 0.3) is 5.56 Å². The molecule has 5 nitrogen and oxygen atoms in total. The van der Waals surface area contributed by atoms with E-state index >= 15 is 0 Å². The van der Waals surface area contributed by atoms with Crippen LogP contribution < -0.4 is 10.5 Å². The van der Waals surface area contributed by atoms with Gasteiger partial charge in [-0.3, -0.25) is 4.79 Å². The van der Waals surface area contributed by atoms with E-state index in [0.717, 1.165) is 61.2 Å². The summed E-state index contributed by atoms with van der Waals surface area (Å²) in [6.45, 7) is 3.76. The summed E-state index contributed by atoms with van der Waals surface area (Å²) < 4.78 is 1.68. The van der Waals surface area contributed by atoms with Gasteiger partial charge in [-0.25, -0.2) is 9.67 Å². The Kier molecular flexibility index (Phi) is 3.96. The first-order valence-electron chi connectivity index (χ1n) is 9.92. The van der Waals surface area contributed by atoms with E-state index in [1.165, 1.54) is 10.9 Å². The first kappa shape index (κ1) is 16.5. The van der Waals surface area contributed by atoms with E-state index in [9.17, 15) is 4.79 Å². The Bertz CT molecular complexity index is 1070. The molecule has 1 aliphatic carbocycles. The lowest BCUT2D eigenvalue weighted by molar-refractivity contribution is 0.482. The molecule has 0 N–H and O–H groups in total. The predicted molar refractivity (Wildman–Crippen MR) is 107 cm³/mol. The summed E-state index contributed by atoms with van der Waals surface area (Å²) in [7, 11) is 0. The van der Waals surface area contributed by atoms with E-state index in [4.69, 9.17) is 4.98 Å². The quantitative estimate of drug-likeness (QED) is 0.719. The van der Waals surface area contributed by atoms with Crippen LogP contribution in [0.1, 0.15) is 36.1 Å². The molecule has 1 aromatic carbocycles. The normalized spacial score (nSPS) is 19.0. The molecule has 1 fully saturated rings. The third-order valence-electron chi connectivity index (χ3n) is 5.99. The second kappa shape index (κ2) is 6.48. The van der Waals surface area contributed by atoms with E-state index < -0.39 is 0 Å². The number of aromatic nitrogens is 3. The highest BCUT2D eigenvalue weighted by Gasteiger charge is 2.27. The van der Waals surface area contributed by atoms with E-state index in [-0.39, 0.29) is 11.6 Å². The second-order valence-electron chi connectivity index (χ2n) is 7.79. The smallest absolute Gasteiger partial charge is 0.267 e. The van der Waals surface area contributed by atoms with Crippen LogP contribution in [0, 0.1) is 6.92 Å². The average Bonchev–Trinajstić information content (AvgIpc) is 3.31. The van der Waals surface area contributed by atoms with Gasteiger partial charge in [0.2, 0.25) is 0 Å². The maximum atomic E-state index is 12.5. The Balaban J connectivity index is 1.47. The van der Waals surface area contributed by atoms with Gasteiger partial charge < -0.3 is 4.90 Å². The molecule has 1 atom stereocenters. The van der Waals surface area contributed by atoms with Crippen LogP contribution in [0.25, 0.3) is 10.9 Å². The van der Waals surface area contributed by atoms with Gasteiger partial charge in [0.05, 0.1) is 23.8 Å². The van der Waals surface area contributed by atoms with Crippen molar-refractivity contribution in [3.63, 3.8) is 0 Å². The van der Waals surface area contributed by atoms with Crippen molar-refractivity contribution in [2.75, 3.05) is 11.4 Å². The molecule has 3 heterocycles. The van der Waals surface area contributed by atoms with Gasteiger partial charge in [0.1, 0.15) is 5.82 Å². The minimum Gasteiger partial charge on any atom is -0.352 e. The number of pyridine rings is 1. The molecule has 0 radical (unpaired) electrons. The van der Waals surface area contributed by atoms with Crippen LogP contribution in [0.4, 0.5) is 5.82 Å². The van der Waals surface area contributed by atoms with Gasteiger partial charge in [-0.15, -0.1) is 0 Å². The summed E-state index contributed by atoms with van der Waals surface area (Å²) in [5, 5.41) is 5.87. The molecular formula is C22H24N4O. The van der Waals surface area contributed by atoms with E-state index in [2.05, 4.69) is 41.2 Å². The van der Waals surface area contributed by atoms with Crippen LogP contribution in [0.15, 0.2) is 41.2 Å². The number of hydrogen-bond acceptors (Lipinski definition) is 4. The SMILES string of the molecule is Cc1cc(N2CCCC2Cn2nc3c(cc2=O)CCC3)nc2ccccc12. The second-order valence-corrected chi connectivity index (χ2v) is 7.79. The number of rotatable bonds is 3. The first-order valence-corrected chi connectivity index (χ1v) is 9.92. The van der Waals surface area contributed by atoms with Crippen LogP contribution in [-0.2, 0) is 19.4 Å². The number of fused-ring (bicyclic) bond motifs is 2. The third-order valence-corrected chi connectivity index (χ3v) is 5.99. The molecule has 2 aliphatic rings. The number of para-hydroxylation sites is 1. The van der Waals surface area contributed by atoms with E-state index in [1.54, 1.807) is 10.7 Å². The molecule has 1 saturated heterocycles. The summed E-state index contributed by atoms with van der Waals surface area (Å²) in [4.78, 5) is 19.8. The molecule has 0 spiro atoms. The fourth-order valence-corrected chi connectivity index (χ4v) is 4.58. The zero-order valence-electron chi connectivity index (χ0n) is 15.7. The topological polar surface area (TPSA) is 51.0 Å². The van der Waals surface area contributed by atoms with Crippen molar-refractivity contribution in [2.24, 2.45) is 0 Å². The van der Waals surface area contributed by atoms with Crippen molar-refractivity contribution in [1.29, 1.82) is 0 Å². The minimum atomic E-state index is 0.0325. The first-order chi connectivity index (χ1) is 13.2. The Morgan fingerprint density at radius 2 is 2.04 bits per heavy atom. The number of aryl methyl sites for hydroxylation is 3. The van der Waals surface area contributed by atoms with Crippen molar-refractivity contribution < 1.29 is 0 Å². The lowest BCUT2D eigenvalue weighted by Crippen LogP contribution is -2.37. The minimum absolute atomic E-state index is 0.0325. The average molecular weight is 360 g/mol. The number of hydrogen-bond donors (Lipinski definition) is 0. The summed E-state index contributed by atoms with van der Waals surface area (Å²) >= 11 is 0. The lowest BCUT2D eigenvalue weighted by atomic mass is 10.1. The zero-order valence-corrected chi connectivity index (χ0v) is 15.7. The molecule has 0 amide bonds. The fraction of sp³-hybridized carbons (Fsp3) is 0.409. The Morgan fingerprint density at radius 1 is 1.15 bits per heavy atom. The van der Waals surface area contributed by atoms with Crippen molar-refractivity contribution in [3.05, 3.63) is 63.6 Å². The number of benzene rings is 1. The van der Waals surface area contributed by atoms with Gasteiger partial charge in [-0.05, 0) is 62.3 Å². The molecule has 3 aromatic rings. The molecule has 27 heavy (non-hydrogen) atoms. The van der Waals surface area contributed by atoms with Gasteiger partial charge >= 0.3 is 0 Å². The highest BCUT2D eigenvalue weighted by Crippen LogP contribution is 2.28. The summed E-state index contributed by atoms with van der Waals surface area (Å²) in [6.07, 6.45) is 5.29. The highest BCUT2D eigenvalue weighted by atomic mass is 16.1. The molecule has 1 unspecified atom stereocenters. The van der Waals surface area contributed by atoms with Crippen molar-refractivity contribution in [1.82, 2.24) is 14.8 Å². The van der Waals surface area contributed by atoms with Crippen LogP contribution in [0.2, 0.25) is 0 Å². The zero-order chi connectivity index (χ0) is 18.4. The fourth-order valence-electron chi connectivity index (χ4n) is 4.58. The number of anilines is 1. The van der Waals surface area contributed by atoms with Crippen LogP contribution >= 0.6 is 0 Å². The van der Waals surface area contributed by atoms with Crippen molar-refractivity contribution in [3.8, 4) is 0 Å². The standard InChI is InChI=1S/C22H24N4O/c1-15-12-21(23-20-9-3-2-8-18(15)20)25-11-5-7-17(25)14-26-22(27)13-16-6-4-10-19(16)24-26/h2-3,8-9,12-13,17H,4-7,10-11,14H2,1H3. The third kappa shape index (κ3) is 2.91. The van der Waals surface area contributed by atoms with E-state index in [0.29, 0.717) is 6.54 Å². The molecule has 2 aromatic heterocycles. The summed E-state index contributed by atoms with van der Waals surface area (Å²) in [5.41, 5.74) is 4.57. The van der Waals surface area contributed by atoms with Crippen LogP contribution in [0.3, 0.4) is 0 Å². The Labute approximate surface area is 158 Å². The maximum absolute atomic E-state index is 12.5. The lowest BCUT2D eigenvalue weighted by Gasteiger charge is -2.26. The summed E-state index contributed by atoms with van der Waals surface area (Å²) in [6, 6.07) is 12.5. The summed E-state index contributed by atoms with van der Waals surface area (Å²) in [5.74, 6) is 1.02. The van der Waals surface area contributed by atoms with Crippen LogP contribution in [0.5, 0.6) is 0 Å². The van der Waals surface area contributed by atoms with E-state index in [1.807, 2.05) is 6.07 Å². The molecule has 0 bridgehead atoms. The van der Waals surface area contributed by atoms with Gasteiger partial charge in [-0.1, -0.05) is 18.2 Å². The highest BCUT2D eigenvalue weighted by molar-refractivity contribution is 5.83. The molecular weight excluding hydrogens is 336 g/mol. The largest absolute Gasteiger partial charge is 0.352 e. The van der Waals surface area contributed by atoms with Crippen LogP contribution in [-0.4, -0.2) is 27.4 Å². The molecule has 5 rings (SSSR count). The van der Waals surface area contributed by atoms with Crippen molar-refractivity contribution in [2.45, 2.75) is 51.6 Å². The maximum Gasteiger partial charge on any atom is 0.267 e.